The molecule has 0 saturated carbocycles. The molecule has 1 unspecified atom stereocenters. The summed E-state index contributed by atoms with van der Waals surface area (Å²) in [6.45, 7) is 2.72. The maximum Gasteiger partial charge on any atom is 0.159 e. The highest BCUT2D eigenvalue weighted by Gasteiger charge is 2.26. The lowest BCUT2D eigenvalue weighted by Crippen LogP contribution is -2.47. The van der Waals surface area contributed by atoms with Crippen molar-refractivity contribution in [2.45, 2.75) is 31.8 Å². The van der Waals surface area contributed by atoms with Gasteiger partial charge in [0.25, 0.3) is 0 Å². The van der Waals surface area contributed by atoms with E-state index in [0.717, 1.165) is 61.7 Å². The van der Waals surface area contributed by atoms with Crippen LogP contribution in [0.15, 0.2) is 35.3 Å². The van der Waals surface area contributed by atoms with Gasteiger partial charge in [-0.1, -0.05) is 40.9 Å². The van der Waals surface area contributed by atoms with E-state index in [1.807, 2.05) is 24.3 Å². The highest BCUT2D eigenvalue weighted by Crippen LogP contribution is 2.28. The Labute approximate surface area is 168 Å². The van der Waals surface area contributed by atoms with Gasteiger partial charge in [-0.05, 0) is 42.7 Å². The van der Waals surface area contributed by atoms with Gasteiger partial charge in [0.15, 0.2) is 5.82 Å². The predicted octanol–water partition coefficient (Wildman–Crippen LogP) is 4.88. The molecule has 1 fully saturated rings. The van der Waals surface area contributed by atoms with E-state index in [1.54, 1.807) is 6.07 Å². The standard InChI is InChI=1S/C19H19Cl3N4/c20-14-6-12(7-15(21)9-14)10-23-16-2-1-5-26(11-16)18-8-13-3-4-17(22)24-19(13)25-18/h3-4,6-7,9,16,23H,1-2,5,8,10-11H2. The number of hydrogen-bond acceptors (Lipinski definition) is 4. The number of likely N-dealkylation sites (tertiary alicyclic amines) is 1. The Morgan fingerprint density at radius 3 is 2.73 bits per heavy atom. The summed E-state index contributed by atoms with van der Waals surface area (Å²) in [4.78, 5) is 11.4. The number of benzene rings is 1. The van der Waals surface area contributed by atoms with Crippen LogP contribution in [0.5, 0.6) is 0 Å². The molecule has 7 heteroatoms. The summed E-state index contributed by atoms with van der Waals surface area (Å²) in [6, 6.07) is 9.91. The van der Waals surface area contributed by atoms with Crippen LogP contribution in [0.3, 0.4) is 0 Å². The van der Waals surface area contributed by atoms with Gasteiger partial charge in [-0.15, -0.1) is 0 Å². The topological polar surface area (TPSA) is 40.5 Å². The zero-order valence-corrected chi connectivity index (χ0v) is 16.5. The molecule has 2 aromatic rings. The SMILES string of the molecule is Clc1cc(Cl)cc(CNC2CCCN(C3=Nc4nc(Cl)ccc4C3)C2)c1. The van der Waals surface area contributed by atoms with E-state index in [9.17, 15) is 0 Å². The Morgan fingerprint density at radius 2 is 1.92 bits per heavy atom. The Hall–Kier alpha value is -1.33. The number of rotatable bonds is 3. The number of piperidine rings is 1. The molecule has 4 rings (SSSR count). The first-order chi connectivity index (χ1) is 12.6. The van der Waals surface area contributed by atoms with Crippen molar-refractivity contribution in [1.82, 2.24) is 15.2 Å². The van der Waals surface area contributed by atoms with E-state index in [4.69, 9.17) is 39.8 Å². The van der Waals surface area contributed by atoms with Crippen molar-refractivity contribution in [2.24, 2.45) is 4.99 Å². The second-order valence-electron chi connectivity index (χ2n) is 6.77. The molecule has 1 saturated heterocycles. The minimum absolute atomic E-state index is 0.407. The van der Waals surface area contributed by atoms with Crippen LogP contribution in [0.1, 0.15) is 24.0 Å². The fourth-order valence-corrected chi connectivity index (χ4v) is 4.27. The maximum absolute atomic E-state index is 6.08. The number of aromatic nitrogens is 1. The second-order valence-corrected chi connectivity index (χ2v) is 8.03. The molecule has 1 aromatic carbocycles. The molecule has 0 bridgehead atoms. The van der Waals surface area contributed by atoms with Gasteiger partial charge < -0.3 is 10.2 Å². The summed E-state index contributed by atoms with van der Waals surface area (Å²) in [6.07, 6.45) is 3.11. The molecule has 1 aromatic heterocycles. The first kappa shape index (κ1) is 18.1. The number of pyridine rings is 1. The van der Waals surface area contributed by atoms with E-state index in [1.165, 1.54) is 0 Å². The lowest BCUT2D eigenvalue weighted by molar-refractivity contribution is 0.273. The molecule has 0 aliphatic carbocycles. The molecular formula is C19H19Cl3N4. The van der Waals surface area contributed by atoms with Gasteiger partial charge in [-0.2, -0.15) is 0 Å². The van der Waals surface area contributed by atoms with E-state index in [-0.39, 0.29) is 0 Å². The second kappa shape index (κ2) is 7.73. The highest BCUT2D eigenvalue weighted by molar-refractivity contribution is 6.34. The first-order valence-corrected chi connectivity index (χ1v) is 9.86. The molecule has 1 atom stereocenters. The molecule has 0 radical (unpaired) electrons. The van der Waals surface area contributed by atoms with Gasteiger partial charge in [-0.25, -0.2) is 9.98 Å². The van der Waals surface area contributed by atoms with Crippen LogP contribution in [0.25, 0.3) is 0 Å². The lowest BCUT2D eigenvalue weighted by atomic mass is 10.0. The third-order valence-electron chi connectivity index (χ3n) is 4.81. The van der Waals surface area contributed by atoms with Crippen LogP contribution in [-0.2, 0) is 13.0 Å². The Kier molecular flexibility index (Phi) is 5.37. The van der Waals surface area contributed by atoms with Crippen LogP contribution in [-0.4, -0.2) is 34.9 Å². The molecule has 4 nitrogen and oxygen atoms in total. The Balaban J connectivity index is 1.38. The number of fused-ring (bicyclic) bond motifs is 1. The van der Waals surface area contributed by atoms with Gasteiger partial charge in [-0.3, -0.25) is 0 Å². The van der Waals surface area contributed by atoms with Crippen molar-refractivity contribution >= 4 is 46.5 Å². The molecular weight excluding hydrogens is 391 g/mol. The summed E-state index contributed by atoms with van der Waals surface area (Å²) in [5, 5.41) is 5.46. The van der Waals surface area contributed by atoms with Crippen LogP contribution in [0, 0.1) is 0 Å². The third-order valence-corrected chi connectivity index (χ3v) is 5.46. The number of halogens is 3. The minimum atomic E-state index is 0.407. The third kappa shape index (κ3) is 4.15. The maximum atomic E-state index is 6.08. The predicted molar refractivity (Wildman–Crippen MR) is 108 cm³/mol. The van der Waals surface area contributed by atoms with E-state index < -0.39 is 0 Å². The van der Waals surface area contributed by atoms with Crippen molar-refractivity contribution < 1.29 is 0 Å². The number of nitrogens with one attached hydrogen (secondary N) is 1. The van der Waals surface area contributed by atoms with E-state index in [0.29, 0.717) is 21.2 Å². The number of amidine groups is 1. The zero-order chi connectivity index (χ0) is 18.1. The minimum Gasteiger partial charge on any atom is -0.358 e. The van der Waals surface area contributed by atoms with Crippen molar-refractivity contribution in [2.75, 3.05) is 13.1 Å². The number of hydrogen-bond donors (Lipinski definition) is 1. The lowest BCUT2D eigenvalue weighted by Gasteiger charge is -2.34. The fraction of sp³-hybridized carbons (Fsp3) is 0.368. The molecule has 0 spiro atoms. The van der Waals surface area contributed by atoms with Crippen molar-refractivity contribution in [3.63, 3.8) is 0 Å². The van der Waals surface area contributed by atoms with Crippen molar-refractivity contribution in [3.8, 4) is 0 Å². The summed E-state index contributed by atoms with van der Waals surface area (Å²) in [5.74, 6) is 1.85. The molecule has 2 aliphatic rings. The van der Waals surface area contributed by atoms with Gasteiger partial charge in [0.05, 0.1) is 0 Å². The van der Waals surface area contributed by atoms with E-state index >= 15 is 0 Å². The molecule has 26 heavy (non-hydrogen) atoms. The smallest absolute Gasteiger partial charge is 0.159 e. The average molecular weight is 410 g/mol. The summed E-state index contributed by atoms with van der Waals surface area (Å²) in [5.41, 5.74) is 2.25. The van der Waals surface area contributed by atoms with Crippen LogP contribution in [0.4, 0.5) is 5.82 Å². The van der Waals surface area contributed by atoms with Crippen molar-refractivity contribution in [1.29, 1.82) is 0 Å². The Bertz CT molecular complexity index is 832. The largest absolute Gasteiger partial charge is 0.358 e. The number of nitrogens with zero attached hydrogens (tertiary/aromatic N) is 3. The fourth-order valence-electron chi connectivity index (χ4n) is 3.56. The summed E-state index contributed by atoms with van der Waals surface area (Å²) < 4.78 is 0. The first-order valence-electron chi connectivity index (χ1n) is 8.73. The normalized spacial score (nSPS) is 19.4. The number of aliphatic imine (C=N–C) groups is 1. The van der Waals surface area contributed by atoms with Crippen molar-refractivity contribution in [3.05, 3.63) is 56.7 Å². The highest BCUT2D eigenvalue weighted by atomic mass is 35.5. The molecule has 136 valence electrons. The Morgan fingerprint density at radius 1 is 1.12 bits per heavy atom. The van der Waals surface area contributed by atoms with Gasteiger partial charge in [0.2, 0.25) is 0 Å². The molecule has 0 amide bonds. The quantitative estimate of drug-likeness (QED) is 0.734. The molecule has 1 N–H and O–H groups in total. The van der Waals surface area contributed by atoms with E-state index in [2.05, 4.69) is 15.2 Å². The van der Waals surface area contributed by atoms with Gasteiger partial charge in [0.1, 0.15) is 11.0 Å². The van der Waals surface area contributed by atoms with Crippen LogP contribution >= 0.6 is 34.8 Å². The van der Waals surface area contributed by atoms with Gasteiger partial charge >= 0.3 is 0 Å². The molecule has 2 aliphatic heterocycles. The monoisotopic (exact) mass is 408 g/mol. The zero-order valence-electron chi connectivity index (χ0n) is 14.2. The summed E-state index contributed by atoms with van der Waals surface area (Å²) in [7, 11) is 0. The van der Waals surface area contributed by atoms with Crippen LogP contribution < -0.4 is 5.32 Å². The summed E-state index contributed by atoms with van der Waals surface area (Å²) >= 11 is 18.1. The van der Waals surface area contributed by atoms with Crippen LogP contribution in [0.2, 0.25) is 15.2 Å². The van der Waals surface area contributed by atoms with Gasteiger partial charge in [0, 0.05) is 47.7 Å². The average Bonchev–Trinajstić information content (AvgIpc) is 3.03. The molecule has 3 heterocycles.